The maximum atomic E-state index is 14.0. The van der Waals surface area contributed by atoms with E-state index in [1.165, 1.54) is 35.2 Å². The van der Waals surface area contributed by atoms with E-state index in [0.29, 0.717) is 0 Å². The Morgan fingerprint density at radius 1 is 0.394 bits per heavy atom. The largest absolute Gasteiger partial charge is 0.334 e. The molecule has 4 nitrogen and oxygen atoms in total. The van der Waals surface area contributed by atoms with Gasteiger partial charge in [0, 0.05) is 61.7 Å². The molecule has 0 fully saturated rings. The summed E-state index contributed by atoms with van der Waals surface area (Å²) in [6.07, 6.45) is 5.35. The SMILES string of the molecule is Fc1ccc(-n2c3c(c4ccccc42)CC(N(c2ccccc2)c2ccc(-c4ccc(N(c5ccccc5)c5ccc6c(c5)c5ccccc5n6-c5ccc(F)cc5)cc4)cc2)C=C3)cc1. The third-order valence-electron chi connectivity index (χ3n) is 13.0. The molecule has 1 atom stereocenters. The molecule has 6 heteroatoms. The molecule has 316 valence electrons. The van der Waals surface area contributed by atoms with Gasteiger partial charge in [-0.3, -0.25) is 0 Å². The predicted octanol–water partition coefficient (Wildman–Crippen LogP) is 15.9. The van der Waals surface area contributed by atoms with Crippen LogP contribution in [0.2, 0.25) is 0 Å². The van der Waals surface area contributed by atoms with Gasteiger partial charge < -0.3 is 18.9 Å². The van der Waals surface area contributed by atoms with E-state index in [4.69, 9.17) is 0 Å². The molecule has 66 heavy (non-hydrogen) atoms. The Morgan fingerprint density at radius 3 is 1.50 bits per heavy atom. The van der Waals surface area contributed by atoms with Crippen molar-refractivity contribution in [3.8, 4) is 22.5 Å². The molecule has 0 saturated carbocycles. The molecule has 1 aliphatic rings. The van der Waals surface area contributed by atoms with Crippen LogP contribution in [0, 0.1) is 11.6 Å². The maximum Gasteiger partial charge on any atom is 0.123 e. The van der Waals surface area contributed by atoms with Crippen LogP contribution in [0.1, 0.15) is 11.3 Å². The first kappa shape index (κ1) is 39.1. The van der Waals surface area contributed by atoms with Crippen molar-refractivity contribution < 1.29 is 8.78 Å². The smallest absolute Gasteiger partial charge is 0.123 e. The highest BCUT2D eigenvalue weighted by molar-refractivity contribution is 6.10. The van der Waals surface area contributed by atoms with Crippen molar-refractivity contribution in [1.29, 1.82) is 0 Å². The summed E-state index contributed by atoms with van der Waals surface area (Å²) in [5, 5.41) is 3.46. The van der Waals surface area contributed by atoms with E-state index in [-0.39, 0.29) is 17.7 Å². The highest BCUT2D eigenvalue weighted by Crippen LogP contribution is 2.42. The van der Waals surface area contributed by atoms with E-state index >= 15 is 0 Å². The van der Waals surface area contributed by atoms with Gasteiger partial charge in [0.1, 0.15) is 11.6 Å². The number of hydrogen-bond acceptors (Lipinski definition) is 2. The van der Waals surface area contributed by atoms with Gasteiger partial charge in [-0.1, -0.05) is 103 Å². The second kappa shape index (κ2) is 16.3. The molecule has 9 aromatic carbocycles. The third-order valence-corrected chi connectivity index (χ3v) is 13.0. The summed E-state index contributed by atoms with van der Waals surface area (Å²) in [5.74, 6) is -0.496. The lowest BCUT2D eigenvalue weighted by Crippen LogP contribution is -2.33. The predicted molar refractivity (Wildman–Crippen MR) is 269 cm³/mol. The Hall–Kier alpha value is -8.48. The lowest BCUT2D eigenvalue weighted by atomic mass is 9.94. The number of anilines is 5. The topological polar surface area (TPSA) is 16.3 Å². The molecule has 11 aromatic rings. The van der Waals surface area contributed by atoms with Crippen LogP contribution in [-0.2, 0) is 6.42 Å². The van der Waals surface area contributed by atoms with Crippen LogP contribution in [0.4, 0.5) is 37.2 Å². The van der Waals surface area contributed by atoms with Crippen molar-refractivity contribution >= 4 is 67.2 Å². The normalized spacial score (nSPS) is 13.3. The van der Waals surface area contributed by atoms with Crippen LogP contribution >= 0.6 is 0 Å². The van der Waals surface area contributed by atoms with Gasteiger partial charge in [-0.15, -0.1) is 0 Å². The minimum absolute atomic E-state index is 0.0557. The Morgan fingerprint density at radius 2 is 0.864 bits per heavy atom. The molecule has 12 rings (SSSR count). The number of nitrogens with zero attached hydrogens (tertiary/aromatic N) is 4. The number of hydrogen-bond donors (Lipinski definition) is 0. The molecule has 0 amide bonds. The van der Waals surface area contributed by atoms with Crippen molar-refractivity contribution in [1.82, 2.24) is 9.13 Å². The van der Waals surface area contributed by atoms with Gasteiger partial charge in [0.2, 0.25) is 0 Å². The summed E-state index contributed by atoms with van der Waals surface area (Å²) in [5.41, 5.74) is 15.1. The van der Waals surface area contributed by atoms with Crippen molar-refractivity contribution in [2.75, 3.05) is 9.80 Å². The fourth-order valence-corrected chi connectivity index (χ4v) is 9.97. The van der Waals surface area contributed by atoms with Gasteiger partial charge in [0.25, 0.3) is 0 Å². The molecular weight excluding hydrogens is 815 g/mol. The molecule has 2 aromatic heterocycles. The maximum absolute atomic E-state index is 14.0. The average Bonchev–Trinajstić information content (AvgIpc) is 3.88. The van der Waals surface area contributed by atoms with E-state index in [9.17, 15) is 8.78 Å². The van der Waals surface area contributed by atoms with Crippen LogP contribution in [0.25, 0.3) is 61.3 Å². The standard InChI is InChI=1S/C60H42F2N4/c61-43-23-31-49(32-24-43)65-57-17-9-7-15-53(57)55-39-51(35-37-59(55)65)63(45-11-3-1-4-12-45)47-27-19-41(20-28-47)42-21-29-48(30-22-42)64(46-13-5-2-6-14-46)52-36-38-60-56(40-52)54-16-8-10-18-58(54)66(60)50-33-25-44(62)26-34-50/h1-39,52H,40H2. The summed E-state index contributed by atoms with van der Waals surface area (Å²) in [6.45, 7) is 0. The fraction of sp³-hybridized carbons (Fsp3) is 0.0333. The first-order valence-corrected chi connectivity index (χ1v) is 22.3. The number of fused-ring (bicyclic) bond motifs is 6. The first-order valence-electron chi connectivity index (χ1n) is 22.3. The van der Waals surface area contributed by atoms with Gasteiger partial charge in [0.15, 0.2) is 0 Å². The number of para-hydroxylation sites is 4. The zero-order chi connectivity index (χ0) is 44.1. The highest BCUT2D eigenvalue weighted by Gasteiger charge is 2.28. The average molecular weight is 857 g/mol. The van der Waals surface area contributed by atoms with Crippen LogP contribution in [0.3, 0.4) is 0 Å². The molecule has 0 bridgehead atoms. The number of aromatic nitrogens is 2. The van der Waals surface area contributed by atoms with Crippen molar-refractivity contribution in [2.45, 2.75) is 12.5 Å². The van der Waals surface area contributed by atoms with E-state index in [1.54, 1.807) is 0 Å². The molecular formula is C60H42F2N4. The van der Waals surface area contributed by atoms with E-state index in [0.717, 1.165) is 90.4 Å². The molecule has 0 N–H and O–H groups in total. The van der Waals surface area contributed by atoms with Gasteiger partial charge in [0.05, 0.1) is 22.6 Å². The summed E-state index contributed by atoms with van der Waals surface area (Å²) in [7, 11) is 0. The van der Waals surface area contributed by atoms with Gasteiger partial charge in [-0.05, 0) is 157 Å². The Bertz CT molecular complexity index is 3560. The second-order valence-electron chi connectivity index (χ2n) is 16.8. The zero-order valence-corrected chi connectivity index (χ0v) is 35.8. The number of rotatable bonds is 9. The van der Waals surface area contributed by atoms with Gasteiger partial charge >= 0.3 is 0 Å². The van der Waals surface area contributed by atoms with E-state index in [1.807, 2.05) is 30.3 Å². The summed E-state index contributed by atoms with van der Waals surface area (Å²) >= 11 is 0. The Labute approximate surface area is 381 Å². The molecule has 0 aliphatic heterocycles. The van der Waals surface area contributed by atoms with Crippen LogP contribution in [0.5, 0.6) is 0 Å². The van der Waals surface area contributed by atoms with E-state index in [2.05, 4.69) is 201 Å². The minimum atomic E-state index is -0.253. The first-order chi connectivity index (χ1) is 32.6. The number of benzene rings is 9. The lowest BCUT2D eigenvalue weighted by molar-refractivity contribution is 0.627. The Balaban J connectivity index is 0.874. The van der Waals surface area contributed by atoms with Crippen LogP contribution in [0.15, 0.2) is 231 Å². The summed E-state index contributed by atoms with van der Waals surface area (Å²) in [4.78, 5) is 4.73. The van der Waals surface area contributed by atoms with Gasteiger partial charge in [-0.25, -0.2) is 8.78 Å². The summed E-state index contributed by atoms with van der Waals surface area (Å²) < 4.78 is 32.5. The minimum Gasteiger partial charge on any atom is -0.334 e. The third kappa shape index (κ3) is 6.82. The van der Waals surface area contributed by atoms with Crippen molar-refractivity contribution in [3.63, 3.8) is 0 Å². The lowest BCUT2D eigenvalue weighted by Gasteiger charge is -2.34. The second-order valence-corrected chi connectivity index (χ2v) is 16.8. The summed E-state index contributed by atoms with van der Waals surface area (Å²) in [6, 6.07) is 75.9. The molecule has 0 radical (unpaired) electrons. The molecule has 2 heterocycles. The monoisotopic (exact) mass is 856 g/mol. The quantitative estimate of drug-likeness (QED) is 0.144. The van der Waals surface area contributed by atoms with Gasteiger partial charge in [-0.2, -0.15) is 0 Å². The fourth-order valence-electron chi connectivity index (χ4n) is 9.97. The molecule has 1 unspecified atom stereocenters. The molecule has 0 spiro atoms. The molecule has 0 saturated heterocycles. The highest BCUT2D eigenvalue weighted by atomic mass is 19.1. The zero-order valence-electron chi connectivity index (χ0n) is 35.8. The van der Waals surface area contributed by atoms with Crippen LogP contribution in [-0.4, -0.2) is 15.2 Å². The van der Waals surface area contributed by atoms with Crippen LogP contribution < -0.4 is 9.80 Å². The number of halogens is 2. The molecule has 1 aliphatic carbocycles. The Kier molecular flexibility index (Phi) is 9.64. The van der Waals surface area contributed by atoms with E-state index < -0.39 is 0 Å². The van der Waals surface area contributed by atoms with Crippen molar-refractivity contribution in [3.05, 3.63) is 253 Å². The van der Waals surface area contributed by atoms with Crippen molar-refractivity contribution in [2.24, 2.45) is 0 Å².